The smallest absolute Gasteiger partial charge is 0.735 e. The fourth-order valence-corrected chi connectivity index (χ4v) is 0.542. The SMILES string of the molecule is O=S(=O)([O-])NSOO[O-].[K+].[K+]. The Morgan fingerprint density at radius 3 is 2.09 bits per heavy atom. The third kappa shape index (κ3) is 19.7. The molecule has 56 valence electrons. The molecule has 1 N–H and O–H groups in total. The van der Waals surface area contributed by atoms with Gasteiger partial charge in [-0.2, -0.15) is 4.33 Å². The van der Waals surface area contributed by atoms with E-state index in [1.165, 1.54) is 4.13 Å². The van der Waals surface area contributed by atoms with Crippen LogP contribution in [0.2, 0.25) is 0 Å². The van der Waals surface area contributed by atoms with E-state index in [0.717, 1.165) is 0 Å². The van der Waals surface area contributed by atoms with Crippen molar-refractivity contribution in [2.75, 3.05) is 0 Å². The maximum atomic E-state index is 9.58. The molecule has 0 aliphatic carbocycles. The Balaban J connectivity index is -0.000000320. The van der Waals surface area contributed by atoms with E-state index in [0.29, 0.717) is 0 Å². The summed E-state index contributed by atoms with van der Waals surface area (Å²) < 4.78 is 33.3. The van der Waals surface area contributed by atoms with E-state index in [1.807, 2.05) is 0 Å². The van der Waals surface area contributed by atoms with E-state index >= 15 is 0 Å². The molecule has 11 heavy (non-hydrogen) atoms. The van der Waals surface area contributed by atoms with Crippen LogP contribution in [-0.2, 0) is 19.7 Å². The maximum Gasteiger partial charge on any atom is 1.00 e. The van der Waals surface area contributed by atoms with E-state index in [-0.39, 0.29) is 115 Å². The first kappa shape index (κ1) is 19.9. The Bertz CT molecular complexity index is 154. The molecule has 0 atom stereocenters. The van der Waals surface area contributed by atoms with Gasteiger partial charge in [0.2, 0.25) is 0 Å². The molecule has 0 amide bonds. The predicted octanol–water partition coefficient (Wildman–Crippen LogP) is -8.17. The van der Waals surface area contributed by atoms with Crippen molar-refractivity contribution in [2.24, 2.45) is 0 Å². The zero-order valence-corrected chi connectivity index (χ0v) is 13.6. The quantitative estimate of drug-likeness (QED) is 0.101. The Labute approximate surface area is 153 Å². The Morgan fingerprint density at radius 1 is 1.36 bits per heavy atom. The molecule has 0 heterocycles. The average molecular weight is 253 g/mol. The van der Waals surface area contributed by atoms with Gasteiger partial charge in [0.1, 0.15) is 12.2 Å². The number of rotatable bonds is 4. The predicted molar refractivity (Wildman–Crippen MR) is 22.6 cm³/mol. The molecule has 0 aliphatic rings. The molecule has 0 radical (unpaired) electrons. The molecule has 7 nitrogen and oxygen atoms in total. The third-order valence-corrected chi connectivity index (χ3v) is 1.41. The molecule has 0 saturated carbocycles. The van der Waals surface area contributed by atoms with Crippen LogP contribution < -0.4 is 112 Å². The van der Waals surface area contributed by atoms with E-state index in [2.05, 4.69) is 9.37 Å². The van der Waals surface area contributed by atoms with Crippen LogP contribution in [0.1, 0.15) is 0 Å². The van der Waals surface area contributed by atoms with Crippen LogP contribution in [-0.4, -0.2) is 13.0 Å². The van der Waals surface area contributed by atoms with Gasteiger partial charge in [0.25, 0.3) is 0 Å². The van der Waals surface area contributed by atoms with Crippen LogP contribution in [0.5, 0.6) is 0 Å². The molecule has 0 bridgehead atoms. The zero-order chi connectivity index (χ0) is 7.33. The first-order valence-corrected chi connectivity index (χ1v) is 3.56. The fourth-order valence-electron chi connectivity index (χ4n) is 0.0694. The molecule has 11 heteroatoms. The average Bonchev–Trinajstić information content (AvgIpc) is 1.63. The standard InChI is InChI=1S/2K.H3NO6S2/c;;2-6-7-8-1-9(3,4)5/h;;1-2H,(H,3,4,5)/q2*+1;/p-2. The minimum Gasteiger partial charge on any atom is -0.735 e. The summed E-state index contributed by atoms with van der Waals surface area (Å²) in [6.45, 7) is 0. The normalized spacial score (nSPS) is 9.64. The summed E-state index contributed by atoms with van der Waals surface area (Å²) in [5, 5.41) is 11.6. The zero-order valence-electron chi connectivity index (χ0n) is 5.77. The first-order valence-electron chi connectivity index (χ1n) is 1.41. The second-order valence-corrected chi connectivity index (χ2v) is 2.63. The number of nitrogens with one attached hydrogen (secondary N) is 1. The second kappa shape index (κ2) is 11.4. The van der Waals surface area contributed by atoms with E-state index in [4.69, 9.17) is 5.26 Å². The molecule has 0 unspecified atom stereocenters. The van der Waals surface area contributed by atoms with Gasteiger partial charge < -0.3 is 9.81 Å². The van der Waals surface area contributed by atoms with Crippen LogP contribution in [0, 0.1) is 0 Å². The number of hydrogen-bond acceptors (Lipinski definition) is 7. The van der Waals surface area contributed by atoms with Crippen molar-refractivity contribution in [1.29, 1.82) is 0 Å². The summed E-state index contributed by atoms with van der Waals surface area (Å²) in [6.07, 6.45) is 0. The monoisotopic (exact) mass is 253 g/mol. The van der Waals surface area contributed by atoms with Gasteiger partial charge in [-0.1, -0.05) is 0 Å². The summed E-state index contributed by atoms with van der Waals surface area (Å²) in [5.41, 5.74) is 0. The molecule has 0 spiro atoms. The molecule has 0 saturated heterocycles. The van der Waals surface area contributed by atoms with Gasteiger partial charge in [-0.05, 0) is 0 Å². The molecule has 0 aromatic rings. The van der Waals surface area contributed by atoms with Crippen LogP contribution in [0.25, 0.3) is 0 Å². The van der Waals surface area contributed by atoms with E-state index in [9.17, 15) is 13.0 Å². The minimum atomic E-state index is -4.58. The summed E-state index contributed by atoms with van der Waals surface area (Å²) in [7, 11) is -4.58. The van der Waals surface area contributed by atoms with Crippen molar-refractivity contribution in [3.8, 4) is 0 Å². The van der Waals surface area contributed by atoms with Crippen molar-refractivity contribution in [3.05, 3.63) is 0 Å². The summed E-state index contributed by atoms with van der Waals surface area (Å²) in [4.78, 5) is 0. The van der Waals surface area contributed by atoms with Gasteiger partial charge >= 0.3 is 103 Å². The summed E-state index contributed by atoms with van der Waals surface area (Å²) in [6, 6.07) is 0. The van der Waals surface area contributed by atoms with Gasteiger partial charge in [-0.3, -0.25) is 5.04 Å². The van der Waals surface area contributed by atoms with Gasteiger partial charge in [0.15, 0.2) is 10.3 Å². The topological polar surface area (TPSA) is 111 Å². The summed E-state index contributed by atoms with van der Waals surface area (Å²) in [5.74, 6) is 0. The molecular weight excluding hydrogens is 252 g/mol. The minimum absolute atomic E-state index is 0. The van der Waals surface area contributed by atoms with Crippen LogP contribution in [0.15, 0.2) is 0 Å². The Kier molecular flexibility index (Phi) is 20.7. The van der Waals surface area contributed by atoms with Crippen LogP contribution in [0.3, 0.4) is 0 Å². The fraction of sp³-hybridized carbons (Fsp3) is 0. The molecule has 0 fully saturated rings. The van der Waals surface area contributed by atoms with Crippen molar-refractivity contribution < 1.29 is 130 Å². The van der Waals surface area contributed by atoms with Crippen LogP contribution in [0.4, 0.5) is 0 Å². The van der Waals surface area contributed by atoms with Crippen molar-refractivity contribution in [2.45, 2.75) is 0 Å². The Morgan fingerprint density at radius 2 is 1.82 bits per heavy atom. The maximum absolute atomic E-state index is 9.58. The van der Waals surface area contributed by atoms with E-state index in [1.54, 1.807) is 0 Å². The van der Waals surface area contributed by atoms with Gasteiger partial charge in [-0.25, -0.2) is 8.42 Å². The van der Waals surface area contributed by atoms with Crippen molar-refractivity contribution in [1.82, 2.24) is 4.13 Å². The largest absolute Gasteiger partial charge is 1.00 e. The third-order valence-electron chi connectivity index (χ3n) is 0.198. The van der Waals surface area contributed by atoms with Crippen LogP contribution >= 0.6 is 12.2 Å². The molecule has 0 aliphatic heterocycles. The molecule has 0 rings (SSSR count). The second-order valence-electron chi connectivity index (χ2n) is 0.757. The van der Waals surface area contributed by atoms with Gasteiger partial charge in [0.05, 0.1) is 0 Å². The molecular formula is HK2NO6S2. The summed E-state index contributed by atoms with van der Waals surface area (Å²) >= 11 is -0.125. The Hall–Kier alpha value is 3.37. The number of hydrogen-bond donors (Lipinski definition) is 1. The van der Waals surface area contributed by atoms with E-state index < -0.39 is 10.3 Å². The van der Waals surface area contributed by atoms with Crippen molar-refractivity contribution in [3.63, 3.8) is 0 Å². The first-order chi connectivity index (χ1) is 4.06. The molecule has 0 aromatic carbocycles. The van der Waals surface area contributed by atoms with Crippen molar-refractivity contribution >= 4 is 22.5 Å². The van der Waals surface area contributed by atoms with Gasteiger partial charge in [0, 0.05) is 0 Å². The van der Waals surface area contributed by atoms with Gasteiger partial charge in [-0.15, -0.1) is 4.13 Å². The molecule has 0 aromatic heterocycles.